The Balaban J connectivity index is 1.45. The van der Waals surface area contributed by atoms with Gasteiger partial charge in [-0.05, 0) is 12.0 Å². The first-order valence-corrected chi connectivity index (χ1v) is 8.66. The number of benzene rings is 1. The lowest BCUT2D eigenvalue weighted by molar-refractivity contribution is -0.162. The van der Waals surface area contributed by atoms with E-state index in [-0.39, 0.29) is 29.6 Å². The first kappa shape index (κ1) is 15.6. The van der Waals surface area contributed by atoms with Gasteiger partial charge >= 0.3 is 0 Å². The molecule has 2 heterocycles. The molecule has 2 fully saturated rings. The molecule has 3 aliphatic rings. The number of amides is 1. The van der Waals surface area contributed by atoms with E-state index in [0.717, 1.165) is 18.6 Å². The molecule has 0 unspecified atom stereocenters. The molecule has 128 valence electrons. The largest absolute Gasteiger partial charge is 0.387 e. The molecule has 1 saturated carbocycles. The van der Waals surface area contributed by atoms with Gasteiger partial charge in [-0.2, -0.15) is 0 Å². The molecule has 5 heteroatoms. The molecular weight excluding hydrogens is 304 g/mol. The molecule has 1 aromatic carbocycles. The van der Waals surface area contributed by atoms with Gasteiger partial charge in [-0.3, -0.25) is 4.79 Å². The molecule has 0 N–H and O–H groups in total. The molecule has 5 nitrogen and oxygen atoms in total. The summed E-state index contributed by atoms with van der Waals surface area (Å²) in [7, 11) is 1.89. The van der Waals surface area contributed by atoms with Crippen molar-refractivity contribution in [3.63, 3.8) is 0 Å². The highest BCUT2D eigenvalue weighted by molar-refractivity contribution is 6.39. The van der Waals surface area contributed by atoms with Crippen molar-refractivity contribution in [3.05, 3.63) is 35.9 Å². The Kier molecular flexibility index (Phi) is 3.64. The van der Waals surface area contributed by atoms with Gasteiger partial charge in [0.15, 0.2) is 6.10 Å². The van der Waals surface area contributed by atoms with Crippen molar-refractivity contribution in [2.75, 3.05) is 13.7 Å². The number of fused-ring (bicyclic) bond motifs is 1. The zero-order valence-electron chi connectivity index (χ0n) is 14.4. The third-order valence-corrected chi connectivity index (χ3v) is 5.86. The Morgan fingerprint density at radius 3 is 2.79 bits per heavy atom. The lowest BCUT2D eigenvalue weighted by Gasteiger charge is -2.57. The summed E-state index contributed by atoms with van der Waals surface area (Å²) in [5, 5.41) is 4.08. The van der Waals surface area contributed by atoms with Crippen molar-refractivity contribution in [1.82, 2.24) is 4.90 Å². The smallest absolute Gasteiger partial charge is 0.271 e. The summed E-state index contributed by atoms with van der Waals surface area (Å²) >= 11 is 0. The van der Waals surface area contributed by atoms with Gasteiger partial charge in [0.2, 0.25) is 0 Å². The second-order valence-electron chi connectivity index (χ2n) is 7.67. The topological polar surface area (TPSA) is 51.1 Å². The molecule has 0 spiro atoms. The van der Waals surface area contributed by atoms with E-state index in [1.54, 1.807) is 0 Å². The number of rotatable bonds is 3. The van der Waals surface area contributed by atoms with Gasteiger partial charge in [0.05, 0.1) is 6.10 Å². The maximum Gasteiger partial charge on any atom is 0.271 e. The molecule has 24 heavy (non-hydrogen) atoms. The van der Waals surface area contributed by atoms with Gasteiger partial charge in [0, 0.05) is 37.5 Å². The van der Waals surface area contributed by atoms with E-state index >= 15 is 0 Å². The van der Waals surface area contributed by atoms with Gasteiger partial charge in [-0.1, -0.05) is 49.3 Å². The average Bonchev–Trinajstić information content (AvgIpc) is 3.23. The van der Waals surface area contributed by atoms with Crippen molar-refractivity contribution in [2.24, 2.45) is 16.5 Å². The van der Waals surface area contributed by atoms with Crippen LogP contribution in [0.25, 0.3) is 0 Å². The zero-order valence-corrected chi connectivity index (χ0v) is 14.4. The minimum atomic E-state index is -0.157. The second-order valence-corrected chi connectivity index (χ2v) is 7.67. The Morgan fingerprint density at radius 2 is 2.04 bits per heavy atom. The van der Waals surface area contributed by atoms with Crippen molar-refractivity contribution in [3.8, 4) is 0 Å². The maximum absolute atomic E-state index is 12.9. The molecule has 0 radical (unpaired) electrons. The summed E-state index contributed by atoms with van der Waals surface area (Å²) in [6, 6.07) is 10.1. The Bertz CT molecular complexity index is 670. The monoisotopic (exact) mass is 328 g/mol. The molecule has 1 saturated heterocycles. The molecule has 1 aliphatic carbocycles. The number of carbonyl (C=O) groups excluding carboxylic acids is 1. The van der Waals surface area contributed by atoms with Gasteiger partial charge in [0.25, 0.3) is 5.91 Å². The molecule has 2 aliphatic heterocycles. The highest BCUT2D eigenvalue weighted by atomic mass is 16.6. The summed E-state index contributed by atoms with van der Waals surface area (Å²) in [5.74, 6) is 0.429. The highest BCUT2D eigenvalue weighted by Crippen LogP contribution is 2.54. The summed E-state index contributed by atoms with van der Waals surface area (Å²) in [6.07, 6.45) is 1.68. The van der Waals surface area contributed by atoms with Gasteiger partial charge in [-0.25, -0.2) is 0 Å². The number of carbonyl (C=O) groups is 1. The van der Waals surface area contributed by atoms with E-state index in [1.165, 1.54) is 0 Å². The van der Waals surface area contributed by atoms with Crippen LogP contribution in [0.5, 0.6) is 0 Å². The van der Waals surface area contributed by atoms with Crippen LogP contribution in [0, 0.1) is 11.3 Å². The first-order chi connectivity index (χ1) is 11.5. The van der Waals surface area contributed by atoms with Crippen LogP contribution >= 0.6 is 0 Å². The molecule has 4 rings (SSSR count). The molecular formula is C19H24N2O3. The van der Waals surface area contributed by atoms with Gasteiger partial charge in [-0.15, -0.1) is 0 Å². The highest BCUT2D eigenvalue weighted by Gasteiger charge is 2.61. The van der Waals surface area contributed by atoms with Crippen LogP contribution in [0.1, 0.15) is 38.4 Å². The second kappa shape index (κ2) is 5.59. The molecule has 0 aromatic heterocycles. The number of nitrogens with zero attached hydrogens (tertiary/aromatic N) is 2. The van der Waals surface area contributed by atoms with Crippen LogP contribution in [0.4, 0.5) is 0 Å². The third kappa shape index (κ3) is 2.25. The number of hydrogen-bond donors (Lipinski definition) is 0. The molecule has 1 aromatic rings. The van der Waals surface area contributed by atoms with Crippen LogP contribution in [-0.2, 0) is 14.4 Å². The van der Waals surface area contributed by atoms with Crippen LogP contribution in [-0.4, -0.2) is 42.3 Å². The Hall–Kier alpha value is -1.88. The predicted molar refractivity (Wildman–Crippen MR) is 90.5 cm³/mol. The van der Waals surface area contributed by atoms with E-state index in [9.17, 15) is 4.79 Å². The van der Waals surface area contributed by atoms with Crippen LogP contribution in [0.2, 0.25) is 0 Å². The summed E-state index contributed by atoms with van der Waals surface area (Å²) < 4.78 is 5.83. The third-order valence-electron chi connectivity index (χ3n) is 5.86. The Labute approximate surface area is 142 Å². The zero-order chi connectivity index (χ0) is 16.9. The fourth-order valence-corrected chi connectivity index (χ4v) is 4.76. The number of ether oxygens (including phenoxy) is 1. The summed E-state index contributed by atoms with van der Waals surface area (Å²) in [6.45, 7) is 5.18. The van der Waals surface area contributed by atoms with Crippen molar-refractivity contribution < 1.29 is 14.4 Å². The molecule has 4 atom stereocenters. The lowest BCUT2D eigenvalue weighted by Crippen LogP contribution is -2.67. The number of oxime groups is 1. The minimum absolute atomic E-state index is 0.00949. The molecule has 1 amide bonds. The fraction of sp³-hybridized carbons (Fsp3) is 0.579. The van der Waals surface area contributed by atoms with E-state index in [0.29, 0.717) is 18.1 Å². The SMILES string of the molecule is CN(C(=O)C1=NO[C@H](c2ccccc2)C1)[C@@H]1[C@@H]2CCO[C@@H]2C1(C)C. The van der Waals surface area contributed by atoms with E-state index < -0.39 is 0 Å². The maximum atomic E-state index is 12.9. The van der Waals surface area contributed by atoms with E-state index in [4.69, 9.17) is 9.57 Å². The standard InChI is InChI=1S/C19H24N2O3/c1-19(2)16(13-9-10-23-17(13)19)21(3)18(22)14-11-15(24-20-14)12-7-5-4-6-8-12/h4-8,13,15-17H,9-11H2,1-3H3/t13-,15-,16+,17-/m0/s1. The van der Waals surface area contributed by atoms with Crippen molar-refractivity contribution >= 4 is 11.6 Å². The summed E-state index contributed by atoms with van der Waals surface area (Å²) in [4.78, 5) is 20.3. The lowest BCUT2D eigenvalue weighted by atomic mass is 9.56. The fourth-order valence-electron chi connectivity index (χ4n) is 4.76. The summed E-state index contributed by atoms with van der Waals surface area (Å²) in [5.41, 5.74) is 1.56. The first-order valence-electron chi connectivity index (χ1n) is 8.66. The van der Waals surface area contributed by atoms with Crippen molar-refractivity contribution in [2.45, 2.75) is 44.9 Å². The van der Waals surface area contributed by atoms with Crippen LogP contribution in [0.3, 0.4) is 0 Å². The van der Waals surface area contributed by atoms with Gasteiger partial charge < -0.3 is 14.5 Å². The van der Waals surface area contributed by atoms with E-state index in [2.05, 4.69) is 19.0 Å². The predicted octanol–water partition coefficient (Wildman–Crippen LogP) is 2.78. The van der Waals surface area contributed by atoms with E-state index in [1.807, 2.05) is 42.3 Å². The number of hydrogen-bond acceptors (Lipinski definition) is 4. The van der Waals surface area contributed by atoms with Crippen LogP contribution < -0.4 is 0 Å². The quantitative estimate of drug-likeness (QED) is 0.857. The van der Waals surface area contributed by atoms with Crippen molar-refractivity contribution in [1.29, 1.82) is 0 Å². The minimum Gasteiger partial charge on any atom is -0.387 e. The van der Waals surface area contributed by atoms with Crippen LogP contribution in [0.15, 0.2) is 35.5 Å². The normalized spacial score (nSPS) is 33.2. The molecule has 0 bridgehead atoms. The average molecular weight is 328 g/mol. The van der Waals surface area contributed by atoms with Gasteiger partial charge in [0.1, 0.15) is 5.71 Å². The Morgan fingerprint density at radius 1 is 1.29 bits per heavy atom.